The molecule has 0 saturated carbocycles. The molecule has 1 rings (SSSR count). The SMILES string of the molecule is CCCc1c(N)c(=O)n(CC)n1CC. The zero-order chi connectivity index (χ0) is 10.7. The van der Waals surface area contributed by atoms with Crippen LogP contribution in [0.3, 0.4) is 0 Å². The Kier molecular flexibility index (Phi) is 3.38. The molecule has 0 saturated heterocycles. The summed E-state index contributed by atoms with van der Waals surface area (Å²) in [6, 6.07) is 0. The van der Waals surface area contributed by atoms with Crippen molar-refractivity contribution in [1.29, 1.82) is 0 Å². The van der Waals surface area contributed by atoms with Gasteiger partial charge in [0, 0.05) is 13.1 Å². The van der Waals surface area contributed by atoms with Crippen LogP contribution in [0.25, 0.3) is 0 Å². The summed E-state index contributed by atoms with van der Waals surface area (Å²) in [4.78, 5) is 11.7. The van der Waals surface area contributed by atoms with Gasteiger partial charge in [0.05, 0.1) is 5.69 Å². The van der Waals surface area contributed by atoms with E-state index in [2.05, 4.69) is 6.92 Å². The Morgan fingerprint density at radius 3 is 2.14 bits per heavy atom. The fraction of sp³-hybridized carbons (Fsp3) is 0.700. The molecule has 0 aliphatic heterocycles. The maximum Gasteiger partial charge on any atom is 0.290 e. The lowest BCUT2D eigenvalue weighted by Gasteiger charge is -2.10. The predicted molar refractivity (Wildman–Crippen MR) is 58.4 cm³/mol. The van der Waals surface area contributed by atoms with Crippen LogP contribution in [0.5, 0.6) is 0 Å². The third-order valence-corrected chi connectivity index (χ3v) is 2.46. The molecule has 4 nitrogen and oxygen atoms in total. The van der Waals surface area contributed by atoms with Crippen LogP contribution in [-0.4, -0.2) is 9.36 Å². The monoisotopic (exact) mass is 197 g/mol. The molecule has 0 spiro atoms. The van der Waals surface area contributed by atoms with Crippen molar-refractivity contribution < 1.29 is 0 Å². The van der Waals surface area contributed by atoms with Gasteiger partial charge in [-0.3, -0.25) is 9.48 Å². The lowest BCUT2D eigenvalue weighted by atomic mass is 10.2. The predicted octanol–water partition coefficient (Wildman–Crippen LogP) is 1.22. The van der Waals surface area contributed by atoms with Gasteiger partial charge in [0.15, 0.2) is 0 Å². The Morgan fingerprint density at radius 1 is 1.14 bits per heavy atom. The first-order valence-electron chi connectivity index (χ1n) is 5.25. The number of aromatic nitrogens is 2. The highest BCUT2D eigenvalue weighted by Gasteiger charge is 2.14. The minimum Gasteiger partial charge on any atom is -0.393 e. The first kappa shape index (κ1) is 10.9. The molecule has 0 amide bonds. The van der Waals surface area contributed by atoms with E-state index in [0.717, 1.165) is 25.1 Å². The number of rotatable bonds is 4. The van der Waals surface area contributed by atoms with E-state index in [1.807, 2.05) is 18.5 Å². The summed E-state index contributed by atoms with van der Waals surface area (Å²) in [5, 5.41) is 0. The first-order valence-corrected chi connectivity index (χ1v) is 5.25. The highest BCUT2D eigenvalue weighted by Crippen LogP contribution is 2.10. The fourth-order valence-corrected chi connectivity index (χ4v) is 1.83. The van der Waals surface area contributed by atoms with Crippen molar-refractivity contribution in [2.75, 3.05) is 5.73 Å². The maximum atomic E-state index is 11.7. The second-order valence-electron chi connectivity index (χ2n) is 3.35. The van der Waals surface area contributed by atoms with Crippen LogP contribution in [0.1, 0.15) is 32.9 Å². The second kappa shape index (κ2) is 4.35. The number of nitrogen functional groups attached to an aromatic ring is 1. The third kappa shape index (κ3) is 1.56. The van der Waals surface area contributed by atoms with Gasteiger partial charge in [-0.15, -0.1) is 0 Å². The van der Waals surface area contributed by atoms with Crippen molar-refractivity contribution in [3.05, 3.63) is 16.0 Å². The number of anilines is 1. The zero-order valence-electron chi connectivity index (χ0n) is 9.21. The molecule has 14 heavy (non-hydrogen) atoms. The van der Waals surface area contributed by atoms with Crippen LogP contribution in [-0.2, 0) is 19.5 Å². The molecule has 0 aromatic carbocycles. The molecule has 0 atom stereocenters. The molecule has 1 heterocycles. The van der Waals surface area contributed by atoms with Crippen molar-refractivity contribution in [1.82, 2.24) is 9.36 Å². The molecular weight excluding hydrogens is 178 g/mol. The fourth-order valence-electron chi connectivity index (χ4n) is 1.83. The van der Waals surface area contributed by atoms with Crippen molar-refractivity contribution in [3.8, 4) is 0 Å². The van der Waals surface area contributed by atoms with Crippen LogP contribution < -0.4 is 11.3 Å². The van der Waals surface area contributed by atoms with Gasteiger partial charge in [0.25, 0.3) is 5.56 Å². The summed E-state index contributed by atoms with van der Waals surface area (Å²) < 4.78 is 3.70. The highest BCUT2D eigenvalue weighted by molar-refractivity contribution is 5.41. The molecule has 1 aromatic rings. The van der Waals surface area contributed by atoms with E-state index in [-0.39, 0.29) is 5.56 Å². The Bertz CT molecular complexity index is 362. The molecule has 0 fully saturated rings. The Morgan fingerprint density at radius 2 is 1.71 bits per heavy atom. The van der Waals surface area contributed by atoms with Crippen LogP contribution in [0.2, 0.25) is 0 Å². The van der Waals surface area contributed by atoms with Gasteiger partial charge in [-0.25, -0.2) is 4.68 Å². The molecule has 0 unspecified atom stereocenters. The van der Waals surface area contributed by atoms with E-state index in [1.54, 1.807) is 4.68 Å². The lowest BCUT2D eigenvalue weighted by Crippen LogP contribution is -2.22. The Hall–Kier alpha value is -1.19. The second-order valence-corrected chi connectivity index (χ2v) is 3.35. The molecule has 80 valence electrons. The van der Waals surface area contributed by atoms with E-state index in [0.29, 0.717) is 12.2 Å². The summed E-state index contributed by atoms with van der Waals surface area (Å²) in [6.07, 6.45) is 1.89. The van der Waals surface area contributed by atoms with Gasteiger partial charge in [-0.1, -0.05) is 13.3 Å². The zero-order valence-corrected chi connectivity index (χ0v) is 9.21. The van der Waals surface area contributed by atoms with Crippen molar-refractivity contribution in [2.45, 2.75) is 46.7 Å². The van der Waals surface area contributed by atoms with E-state index in [9.17, 15) is 4.79 Å². The number of hydrogen-bond acceptors (Lipinski definition) is 2. The maximum absolute atomic E-state index is 11.7. The minimum absolute atomic E-state index is 0.0437. The average molecular weight is 197 g/mol. The van der Waals surface area contributed by atoms with Crippen molar-refractivity contribution in [3.63, 3.8) is 0 Å². The van der Waals surface area contributed by atoms with Gasteiger partial charge in [-0.2, -0.15) is 0 Å². The van der Waals surface area contributed by atoms with Gasteiger partial charge < -0.3 is 5.73 Å². The van der Waals surface area contributed by atoms with Crippen molar-refractivity contribution in [2.24, 2.45) is 0 Å². The third-order valence-electron chi connectivity index (χ3n) is 2.46. The van der Waals surface area contributed by atoms with Gasteiger partial charge in [0.1, 0.15) is 5.69 Å². The van der Waals surface area contributed by atoms with E-state index in [4.69, 9.17) is 5.73 Å². The number of nitrogens with two attached hydrogens (primary N) is 1. The van der Waals surface area contributed by atoms with Gasteiger partial charge in [-0.05, 0) is 20.3 Å². The van der Waals surface area contributed by atoms with Crippen LogP contribution in [0.4, 0.5) is 5.69 Å². The van der Waals surface area contributed by atoms with Crippen LogP contribution in [0, 0.1) is 0 Å². The molecule has 1 aromatic heterocycles. The largest absolute Gasteiger partial charge is 0.393 e. The molecular formula is C10H19N3O. The van der Waals surface area contributed by atoms with Gasteiger partial charge >= 0.3 is 0 Å². The van der Waals surface area contributed by atoms with E-state index >= 15 is 0 Å². The normalized spacial score (nSPS) is 10.8. The standard InChI is InChI=1S/C10H19N3O/c1-4-7-8-9(11)10(14)13(6-3)12(8)5-2/h4-7,11H2,1-3H3. The molecule has 2 N–H and O–H groups in total. The first-order chi connectivity index (χ1) is 6.67. The van der Waals surface area contributed by atoms with E-state index in [1.165, 1.54) is 0 Å². The molecule has 0 radical (unpaired) electrons. The minimum atomic E-state index is -0.0437. The number of nitrogens with zero attached hydrogens (tertiary/aromatic N) is 2. The molecule has 0 aliphatic rings. The topological polar surface area (TPSA) is 53.0 Å². The summed E-state index contributed by atoms with van der Waals surface area (Å²) in [5.41, 5.74) is 7.16. The smallest absolute Gasteiger partial charge is 0.290 e. The summed E-state index contributed by atoms with van der Waals surface area (Å²) in [7, 11) is 0. The summed E-state index contributed by atoms with van der Waals surface area (Å²) in [6.45, 7) is 7.57. The van der Waals surface area contributed by atoms with Crippen LogP contribution >= 0.6 is 0 Å². The number of hydrogen-bond donors (Lipinski definition) is 1. The lowest BCUT2D eigenvalue weighted by molar-refractivity contribution is 0.460. The quantitative estimate of drug-likeness (QED) is 0.789. The van der Waals surface area contributed by atoms with Gasteiger partial charge in [0.2, 0.25) is 0 Å². The molecule has 0 bridgehead atoms. The van der Waals surface area contributed by atoms with E-state index < -0.39 is 0 Å². The molecule has 0 aliphatic carbocycles. The summed E-state index contributed by atoms with van der Waals surface area (Å²) >= 11 is 0. The summed E-state index contributed by atoms with van der Waals surface area (Å²) in [5.74, 6) is 0. The average Bonchev–Trinajstić information content (AvgIpc) is 2.42. The Balaban J connectivity index is 3.33. The van der Waals surface area contributed by atoms with Crippen LogP contribution in [0.15, 0.2) is 4.79 Å². The Labute approximate surface area is 84.3 Å². The molecule has 4 heteroatoms. The highest BCUT2D eigenvalue weighted by atomic mass is 16.1. The van der Waals surface area contributed by atoms with Crippen molar-refractivity contribution >= 4 is 5.69 Å².